The molecule has 62 valence electrons. The Balaban J connectivity index is 2.50. The molecule has 0 saturated heterocycles. The van der Waals surface area contributed by atoms with Gasteiger partial charge in [-0.25, -0.2) is 0 Å². The Morgan fingerprint density at radius 2 is 2.33 bits per heavy atom. The van der Waals surface area contributed by atoms with Crippen molar-refractivity contribution in [2.24, 2.45) is 10.4 Å². The van der Waals surface area contributed by atoms with Crippen LogP contribution in [0.3, 0.4) is 0 Å². The molecule has 0 amide bonds. The number of fused-ring (bicyclic) bond motifs is 1. The third kappa shape index (κ3) is 0.970. The normalized spacial score (nSPS) is 32.5. The molecule has 0 spiro atoms. The summed E-state index contributed by atoms with van der Waals surface area (Å²) in [5, 5.41) is 0. The summed E-state index contributed by atoms with van der Waals surface area (Å²) in [6.07, 6.45) is 11.6. The molecule has 1 unspecified atom stereocenters. The third-order valence-corrected chi connectivity index (χ3v) is 2.58. The molecule has 1 heterocycles. The first-order valence-corrected chi connectivity index (χ1v) is 4.32. The van der Waals surface area contributed by atoms with Crippen molar-refractivity contribution < 1.29 is 0 Å². The van der Waals surface area contributed by atoms with Gasteiger partial charge in [-0.1, -0.05) is 31.2 Å². The van der Waals surface area contributed by atoms with Gasteiger partial charge in [0.1, 0.15) is 0 Å². The summed E-state index contributed by atoms with van der Waals surface area (Å²) in [6, 6.07) is 0. The van der Waals surface area contributed by atoms with Gasteiger partial charge in [-0.3, -0.25) is 4.99 Å². The summed E-state index contributed by atoms with van der Waals surface area (Å²) >= 11 is 0. The quantitative estimate of drug-likeness (QED) is 0.515. The highest BCUT2D eigenvalue weighted by Crippen LogP contribution is 2.34. The van der Waals surface area contributed by atoms with Crippen LogP contribution < -0.4 is 0 Å². The van der Waals surface area contributed by atoms with Gasteiger partial charge in [0.2, 0.25) is 0 Å². The number of hydrogen-bond donors (Lipinski definition) is 0. The molecule has 0 aromatic heterocycles. The molecule has 2 aliphatic rings. The highest BCUT2D eigenvalue weighted by atomic mass is 14.7. The average Bonchev–Trinajstić information content (AvgIpc) is 2.04. The monoisotopic (exact) mass is 159 g/mol. The first-order chi connectivity index (χ1) is 5.72. The van der Waals surface area contributed by atoms with E-state index in [0.29, 0.717) is 0 Å². The van der Waals surface area contributed by atoms with Gasteiger partial charge >= 0.3 is 0 Å². The molecule has 1 nitrogen and oxygen atoms in total. The first-order valence-electron chi connectivity index (χ1n) is 4.32. The molecule has 0 saturated carbocycles. The van der Waals surface area contributed by atoms with E-state index >= 15 is 0 Å². The van der Waals surface area contributed by atoms with Crippen molar-refractivity contribution in [1.29, 1.82) is 0 Å². The van der Waals surface area contributed by atoms with Crippen LogP contribution in [0.5, 0.6) is 0 Å². The highest BCUT2D eigenvalue weighted by molar-refractivity contribution is 6.07. The van der Waals surface area contributed by atoms with Crippen LogP contribution in [0, 0.1) is 5.41 Å². The van der Waals surface area contributed by atoms with Crippen LogP contribution in [0.25, 0.3) is 0 Å². The Kier molecular flexibility index (Phi) is 1.53. The van der Waals surface area contributed by atoms with Crippen molar-refractivity contribution in [2.75, 3.05) is 0 Å². The van der Waals surface area contributed by atoms with Gasteiger partial charge in [-0.15, -0.1) is 0 Å². The first kappa shape index (κ1) is 7.53. The maximum absolute atomic E-state index is 4.42. The van der Waals surface area contributed by atoms with E-state index in [4.69, 9.17) is 0 Å². The number of allylic oxidation sites excluding steroid dienone is 5. The fraction of sp³-hybridized carbons (Fsp3) is 0.364. The summed E-state index contributed by atoms with van der Waals surface area (Å²) in [6.45, 7) is 4.36. The minimum atomic E-state index is 0.160. The molecule has 1 aliphatic carbocycles. The van der Waals surface area contributed by atoms with Gasteiger partial charge in [0.15, 0.2) is 0 Å². The minimum absolute atomic E-state index is 0.160. The molecule has 12 heavy (non-hydrogen) atoms. The fourth-order valence-electron chi connectivity index (χ4n) is 1.85. The van der Waals surface area contributed by atoms with Gasteiger partial charge in [-0.05, 0) is 18.9 Å². The molecule has 0 aromatic rings. The maximum Gasteiger partial charge on any atom is 0.0532 e. The lowest BCUT2D eigenvalue weighted by molar-refractivity contribution is 0.595. The SMILES string of the molecule is CC1=CC=CC2(C)CC=CN=C12. The zero-order valence-corrected chi connectivity index (χ0v) is 7.54. The molecular formula is C11H13N. The Morgan fingerprint density at radius 1 is 1.50 bits per heavy atom. The van der Waals surface area contributed by atoms with Crippen LogP contribution in [0.2, 0.25) is 0 Å². The molecule has 2 rings (SSSR count). The van der Waals surface area contributed by atoms with E-state index in [1.165, 1.54) is 11.3 Å². The number of rotatable bonds is 0. The second kappa shape index (κ2) is 2.44. The molecule has 0 radical (unpaired) electrons. The third-order valence-electron chi connectivity index (χ3n) is 2.58. The molecule has 0 bridgehead atoms. The van der Waals surface area contributed by atoms with Crippen LogP contribution >= 0.6 is 0 Å². The van der Waals surface area contributed by atoms with Crippen LogP contribution in [0.4, 0.5) is 0 Å². The number of hydrogen-bond acceptors (Lipinski definition) is 1. The molecule has 0 aromatic carbocycles. The lowest BCUT2D eigenvalue weighted by Crippen LogP contribution is -2.29. The zero-order chi connectivity index (χ0) is 8.60. The standard InChI is InChI=1S/C11H13N/c1-9-5-3-6-11(2)7-4-8-12-10(9)11/h3-6,8H,7H2,1-2H3. The lowest BCUT2D eigenvalue weighted by atomic mass is 9.75. The van der Waals surface area contributed by atoms with E-state index in [-0.39, 0.29) is 5.41 Å². The van der Waals surface area contributed by atoms with Gasteiger partial charge in [-0.2, -0.15) is 0 Å². The van der Waals surface area contributed by atoms with Crippen LogP contribution in [-0.4, -0.2) is 5.71 Å². The zero-order valence-electron chi connectivity index (χ0n) is 7.54. The van der Waals surface area contributed by atoms with E-state index in [2.05, 4.69) is 43.1 Å². The molecule has 0 fully saturated rings. The minimum Gasteiger partial charge on any atom is -0.260 e. The maximum atomic E-state index is 4.42. The topological polar surface area (TPSA) is 12.4 Å². The van der Waals surface area contributed by atoms with Gasteiger partial charge in [0, 0.05) is 11.6 Å². The van der Waals surface area contributed by atoms with Crippen molar-refractivity contribution in [3.63, 3.8) is 0 Å². The summed E-state index contributed by atoms with van der Waals surface area (Å²) in [4.78, 5) is 4.42. The number of aliphatic imine (C=N–C) groups is 1. The largest absolute Gasteiger partial charge is 0.260 e. The molecule has 1 aliphatic heterocycles. The second-order valence-electron chi connectivity index (χ2n) is 3.69. The van der Waals surface area contributed by atoms with E-state index in [1.807, 2.05) is 6.20 Å². The van der Waals surface area contributed by atoms with Crippen LogP contribution in [0.1, 0.15) is 20.3 Å². The van der Waals surface area contributed by atoms with Crippen molar-refractivity contribution in [3.8, 4) is 0 Å². The van der Waals surface area contributed by atoms with E-state index in [0.717, 1.165) is 6.42 Å². The van der Waals surface area contributed by atoms with E-state index in [9.17, 15) is 0 Å². The summed E-state index contributed by atoms with van der Waals surface area (Å²) in [5.74, 6) is 0. The summed E-state index contributed by atoms with van der Waals surface area (Å²) in [5.41, 5.74) is 2.69. The average molecular weight is 159 g/mol. The predicted molar refractivity (Wildman–Crippen MR) is 52.2 cm³/mol. The summed E-state index contributed by atoms with van der Waals surface area (Å²) < 4.78 is 0. The van der Waals surface area contributed by atoms with Crippen molar-refractivity contribution >= 4 is 5.71 Å². The molecule has 1 atom stereocenters. The predicted octanol–water partition coefficient (Wildman–Crippen LogP) is 2.87. The Labute approximate surface area is 73.2 Å². The lowest BCUT2D eigenvalue weighted by Gasteiger charge is -2.31. The molecular weight excluding hydrogens is 146 g/mol. The van der Waals surface area contributed by atoms with Gasteiger partial charge < -0.3 is 0 Å². The highest BCUT2D eigenvalue weighted by Gasteiger charge is 2.30. The van der Waals surface area contributed by atoms with Crippen LogP contribution in [-0.2, 0) is 0 Å². The fourth-order valence-corrected chi connectivity index (χ4v) is 1.85. The van der Waals surface area contributed by atoms with E-state index in [1.54, 1.807) is 0 Å². The molecule has 1 heteroatoms. The Bertz CT molecular complexity index is 318. The van der Waals surface area contributed by atoms with E-state index < -0.39 is 0 Å². The molecule has 0 N–H and O–H groups in total. The number of nitrogens with zero attached hydrogens (tertiary/aromatic N) is 1. The van der Waals surface area contributed by atoms with Crippen molar-refractivity contribution in [3.05, 3.63) is 36.1 Å². The van der Waals surface area contributed by atoms with Crippen molar-refractivity contribution in [2.45, 2.75) is 20.3 Å². The second-order valence-corrected chi connectivity index (χ2v) is 3.69. The smallest absolute Gasteiger partial charge is 0.0532 e. The van der Waals surface area contributed by atoms with Crippen molar-refractivity contribution in [1.82, 2.24) is 0 Å². The van der Waals surface area contributed by atoms with Crippen LogP contribution in [0.15, 0.2) is 41.1 Å². The Morgan fingerprint density at radius 3 is 3.08 bits per heavy atom. The summed E-state index contributed by atoms with van der Waals surface area (Å²) in [7, 11) is 0. The van der Waals surface area contributed by atoms with Gasteiger partial charge in [0.05, 0.1) is 5.71 Å². The Hall–Kier alpha value is -1.11. The van der Waals surface area contributed by atoms with Gasteiger partial charge in [0.25, 0.3) is 0 Å².